The van der Waals surface area contributed by atoms with E-state index in [-0.39, 0.29) is 5.91 Å². The number of carbonyl (C=O) groups is 2. The molecule has 0 unspecified atom stereocenters. The summed E-state index contributed by atoms with van der Waals surface area (Å²) in [5, 5.41) is 6.47. The fourth-order valence-electron chi connectivity index (χ4n) is 2.53. The largest absolute Gasteiger partial charge is 0.444 e. The molecule has 0 atom stereocenters. The molecule has 2 amide bonds. The third-order valence-corrected chi connectivity index (χ3v) is 3.67. The van der Waals surface area contributed by atoms with E-state index in [0.717, 1.165) is 10.9 Å². The number of amides is 2. The van der Waals surface area contributed by atoms with Crippen LogP contribution in [0, 0.1) is 0 Å². The van der Waals surface area contributed by atoms with E-state index in [0.29, 0.717) is 16.9 Å². The number of para-hydroxylation sites is 1. The summed E-state index contributed by atoms with van der Waals surface area (Å²) in [7, 11) is 0. The number of anilines is 2. The summed E-state index contributed by atoms with van der Waals surface area (Å²) in [6, 6.07) is 16.0. The van der Waals surface area contributed by atoms with Gasteiger partial charge in [-0.05, 0) is 57.2 Å². The van der Waals surface area contributed by atoms with Gasteiger partial charge in [0, 0.05) is 22.8 Å². The lowest BCUT2D eigenvalue weighted by molar-refractivity contribution is 0.0636. The second kappa shape index (κ2) is 7.45. The van der Waals surface area contributed by atoms with Crippen molar-refractivity contribution in [1.82, 2.24) is 4.98 Å². The molecule has 0 spiro atoms. The second-order valence-electron chi connectivity index (χ2n) is 7.04. The summed E-state index contributed by atoms with van der Waals surface area (Å²) in [4.78, 5) is 28.6. The first-order valence-electron chi connectivity index (χ1n) is 8.57. The fraction of sp³-hybridized carbons (Fsp3) is 0.190. The quantitative estimate of drug-likeness (QED) is 0.698. The molecule has 3 aromatic rings. The average molecular weight is 363 g/mol. The summed E-state index contributed by atoms with van der Waals surface area (Å²) in [5.41, 5.74) is 1.83. The van der Waals surface area contributed by atoms with Gasteiger partial charge in [-0.25, -0.2) is 4.79 Å². The highest BCUT2D eigenvalue weighted by Gasteiger charge is 2.16. The van der Waals surface area contributed by atoms with Gasteiger partial charge in [0.15, 0.2) is 0 Å². The van der Waals surface area contributed by atoms with E-state index in [1.54, 1.807) is 51.2 Å². The molecule has 0 aliphatic heterocycles. The molecule has 2 N–H and O–H groups in total. The van der Waals surface area contributed by atoms with Crippen molar-refractivity contribution in [2.24, 2.45) is 0 Å². The monoisotopic (exact) mass is 363 g/mol. The number of fused-ring (bicyclic) bond motifs is 1. The molecule has 138 valence electrons. The van der Waals surface area contributed by atoms with Crippen LogP contribution in [-0.2, 0) is 4.74 Å². The number of hydrogen-bond donors (Lipinski definition) is 2. The lowest BCUT2D eigenvalue weighted by atomic mass is 10.1. The van der Waals surface area contributed by atoms with E-state index in [9.17, 15) is 9.59 Å². The molecule has 0 radical (unpaired) electrons. The van der Waals surface area contributed by atoms with Crippen LogP contribution in [0.5, 0.6) is 0 Å². The zero-order valence-electron chi connectivity index (χ0n) is 15.4. The Balaban J connectivity index is 1.70. The molecular weight excluding hydrogens is 342 g/mol. The van der Waals surface area contributed by atoms with Crippen LogP contribution in [0.15, 0.2) is 60.8 Å². The Morgan fingerprint density at radius 1 is 0.926 bits per heavy atom. The van der Waals surface area contributed by atoms with E-state index in [4.69, 9.17) is 4.74 Å². The minimum atomic E-state index is -0.573. The number of pyridine rings is 1. The fourth-order valence-corrected chi connectivity index (χ4v) is 2.53. The molecule has 2 aromatic carbocycles. The smallest absolute Gasteiger partial charge is 0.412 e. The highest BCUT2D eigenvalue weighted by Crippen LogP contribution is 2.21. The van der Waals surface area contributed by atoms with Crippen molar-refractivity contribution in [3.63, 3.8) is 0 Å². The zero-order valence-corrected chi connectivity index (χ0v) is 15.4. The molecule has 27 heavy (non-hydrogen) atoms. The predicted molar refractivity (Wildman–Crippen MR) is 106 cm³/mol. The molecule has 1 heterocycles. The van der Waals surface area contributed by atoms with Crippen molar-refractivity contribution in [3.05, 3.63) is 66.4 Å². The maximum Gasteiger partial charge on any atom is 0.412 e. The third-order valence-electron chi connectivity index (χ3n) is 3.67. The number of ether oxygens (including phenoxy) is 1. The van der Waals surface area contributed by atoms with Gasteiger partial charge >= 0.3 is 6.09 Å². The molecule has 0 saturated carbocycles. The van der Waals surface area contributed by atoms with Gasteiger partial charge in [-0.15, -0.1) is 0 Å². The minimum absolute atomic E-state index is 0.253. The Morgan fingerprint density at radius 2 is 1.63 bits per heavy atom. The highest BCUT2D eigenvalue weighted by atomic mass is 16.6. The van der Waals surface area contributed by atoms with Gasteiger partial charge < -0.3 is 10.1 Å². The van der Waals surface area contributed by atoms with Crippen molar-refractivity contribution in [1.29, 1.82) is 0 Å². The molecule has 6 heteroatoms. The minimum Gasteiger partial charge on any atom is -0.444 e. The maximum absolute atomic E-state index is 12.5. The number of hydrogen-bond acceptors (Lipinski definition) is 4. The molecule has 0 aliphatic carbocycles. The van der Waals surface area contributed by atoms with Crippen LogP contribution in [0.3, 0.4) is 0 Å². The predicted octanol–water partition coefficient (Wildman–Crippen LogP) is 4.83. The van der Waals surface area contributed by atoms with E-state index in [1.807, 2.05) is 30.3 Å². The normalized spacial score (nSPS) is 11.1. The van der Waals surface area contributed by atoms with Crippen LogP contribution >= 0.6 is 0 Å². The molecule has 0 bridgehead atoms. The Kier molecular flexibility index (Phi) is 5.07. The van der Waals surface area contributed by atoms with E-state index in [1.165, 1.54) is 0 Å². The van der Waals surface area contributed by atoms with Crippen molar-refractivity contribution in [3.8, 4) is 0 Å². The number of nitrogens with zero attached hydrogens (tertiary/aromatic N) is 1. The average Bonchev–Trinajstić information content (AvgIpc) is 2.61. The summed E-state index contributed by atoms with van der Waals surface area (Å²) in [6.07, 6.45) is 1.15. The topological polar surface area (TPSA) is 80.3 Å². The zero-order chi connectivity index (χ0) is 19.4. The van der Waals surface area contributed by atoms with Crippen LogP contribution < -0.4 is 10.6 Å². The van der Waals surface area contributed by atoms with Crippen LogP contribution in [0.25, 0.3) is 10.9 Å². The van der Waals surface area contributed by atoms with Crippen LogP contribution in [0.1, 0.15) is 31.1 Å². The first kappa shape index (κ1) is 18.4. The van der Waals surface area contributed by atoms with Crippen molar-refractivity contribution in [2.75, 3.05) is 10.6 Å². The van der Waals surface area contributed by atoms with Gasteiger partial charge in [-0.2, -0.15) is 0 Å². The standard InChI is InChI=1S/C21H21N3O3/c1-21(2,3)27-20(26)23-16-11-9-15(10-12-16)19(25)24-17-8-4-6-14-7-5-13-22-18(14)17/h4-13H,1-3H3,(H,23,26)(H,24,25). The van der Waals surface area contributed by atoms with Gasteiger partial charge in [0.1, 0.15) is 5.60 Å². The number of nitrogens with one attached hydrogen (secondary N) is 2. The molecule has 3 rings (SSSR count). The Morgan fingerprint density at radius 3 is 2.33 bits per heavy atom. The summed E-state index contributed by atoms with van der Waals surface area (Å²) >= 11 is 0. The third kappa shape index (κ3) is 4.82. The molecule has 0 fully saturated rings. The van der Waals surface area contributed by atoms with Gasteiger partial charge in [0.05, 0.1) is 11.2 Å². The van der Waals surface area contributed by atoms with Crippen molar-refractivity contribution in [2.45, 2.75) is 26.4 Å². The Hall–Kier alpha value is -3.41. The molecule has 0 aliphatic rings. The first-order chi connectivity index (χ1) is 12.8. The first-order valence-corrected chi connectivity index (χ1v) is 8.57. The van der Waals surface area contributed by atoms with Gasteiger partial charge in [-0.1, -0.05) is 18.2 Å². The van der Waals surface area contributed by atoms with Crippen LogP contribution in [0.2, 0.25) is 0 Å². The number of rotatable bonds is 3. The summed E-state index contributed by atoms with van der Waals surface area (Å²) in [6.45, 7) is 5.38. The van der Waals surface area contributed by atoms with Gasteiger partial charge in [0.25, 0.3) is 5.91 Å². The van der Waals surface area contributed by atoms with Crippen LogP contribution in [-0.4, -0.2) is 22.6 Å². The van der Waals surface area contributed by atoms with Crippen LogP contribution in [0.4, 0.5) is 16.2 Å². The van der Waals surface area contributed by atoms with Gasteiger partial charge in [-0.3, -0.25) is 15.1 Å². The van der Waals surface area contributed by atoms with Gasteiger partial charge in [0.2, 0.25) is 0 Å². The molecule has 6 nitrogen and oxygen atoms in total. The van der Waals surface area contributed by atoms with Crippen molar-refractivity contribution >= 4 is 34.3 Å². The molecule has 1 aromatic heterocycles. The SMILES string of the molecule is CC(C)(C)OC(=O)Nc1ccc(C(=O)Nc2cccc3cccnc23)cc1. The molecular formula is C21H21N3O3. The van der Waals surface area contributed by atoms with E-state index >= 15 is 0 Å². The number of carbonyl (C=O) groups excluding carboxylic acids is 2. The maximum atomic E-state index is 12.5. The second-order valence-corrected chi connectivity index (χ2v) is 7.04. The summed E-state index contributed by atoms with van der Waals surface area (Å²) < 4.78 is 5.20. The molecule has 0 saturated heterocycles. The Bertz CT molecular complexity index is 971. The highest BCUT2D eigenvalue weighted by molar-refractivity contribution is 6.08. The summed E-state index contributed by atoms with van der Waals surface area (Å²) in [5.74, 6) is -0.253. The number of aromatic nitrogens is 1. The van der Waals surface area contributed by atoms with E-state index in [2.05, 4.69) is 15.6 Å². The lowest BCUT2D eigenvalue weighted by Crippen LogP contribution is -2.27. The van der Waals surface area contributed by atoms with E-state index < -0.39 is 11.7 Å². The Labute approximate surface area is 157 Å². The number of benzene rings is 2. The lowest BCUT2D eigenvalue weighted by Gasteiger charge is -2.19. The van der Waals surface area contributed by atoms with Crippen molar-refractivity contribution < 1.29 is 14.3 Å².